The molecule has 112 valence electrons. The second-order valence-electron chi connectivity index (χ2n) is 5.11. The van der Waals surface area contributed by atoms with Gasteiger partial charge in [-0.25, -0.2) is 4.98 Å². The van der Waals surface area contributed by atoms with Gasteiger partial charge in [0.2, 0.25) is 0 Å². The lowest BCUT2D eigenvalue weighted by atomic mass is 10.1. The minimum absolute atomic E-state index is 0.206. The number of nitrogens with zero attached hydrogens (tertiary/aromatic N) is 1. The van der Waals surface area contributed by atoms with Crippen LogP contribution in [-0.4, -0.2) is 36.8 Å². The first kappa shape index (κ1) is 13.7. The van der Waals surface area contributed by atoms with E-state index in [9.17, 15) is 4.79 Å². The summed E-state index contributed by atoms with van der Waals surface area (Å²) in [7, 11) is 3.17. The van der Waals surface area contributed by atoms with Crippen molar-refractivity contribution in [3.63, 3.8) is 0 Å². The Hall–Kier alpha value is -2.24. The second kappa shape index (κ2) is 4.95. The van der Waals surface area contributed by atoms with Gasteiger partial charge in [0.25, 0.3) is 0 Å². The normalized spacial score (nSPS) is 15.8. The Morgan fingerprint density at radius 1 is 1.29 bits per heavy atom. The Bertz CT molecular complexity index is 647. The number of aromatic nitrogens is 2. The van der Waals surface area contributed by atoms with Gasteiger partial charge in [0.1, 0.15) is 11.2 Å². The molecule has 3 rings (SSSR count). The number of rotatable bonds is 5. The molecular weight excluding hydrogens is 272 g/mol. The zero-order chi connectivity index (χ0) is 15.0. The smallest absolute Gasteiger partial charge is 0.319 e. The molecule has 1 N–H and O–H groups in total. The first-order chi connectivity index (χ1) is 10.1. The summed E-state index contributed by atoms with van der Waals surface area (Å²) in [4.78, 5) is 19.9. The van der Waals surface area contributed by atoms with Crippen LogP contribution in [0.2, 0.25) is 0 Å². The predicted molar refractivity (Wildman–Crippen MR) is 76.7 cm³/mol. The van der Waals surface area contributed by atoms with Crippen molar-refractivity contribution in [2.75, 3.05) is 20.8 Å². The average Bonchev–Trinajstić information content (AvgIpc) is 3.20. The Morgan fingerprint density at radius 2 is 1.95 bits per heavy atom. The molecule has 1 saturated carbocycles. The van der Waals surface area contributed by atoms with E-state index in [1.807, 2.05) is 13.0 Å². The van der Waals surface area contributed by atoms with Gasteiger partial charge in [-0.15, -0.1) is 0 Å². The highest BCUT2D eigenvalue weighted by Crippen LogP contribution is 2.48. The fraction of sp³-hybridized carbons (Fsp3) is 0.467. The van der Waals surface area contributed by atoms with E-state index in [0.717, 1.165) is 23.9 Å². The second-order valence-corrected chi connectivity index (χ2v) is 5.11. The van der Waals surface area contributed by atoms with Crippen LogP contribution >= 0.6 is 0 Å². The van der Waals surface area contributed by atoms with E-state index in [1.54, 1.807) is 20.3 Å². The van der Waals surface area contributed by atoms with Crippen molar-refractivity contribution in [2.45, 2.75) is 25.2 Å². The molecule has 0 unspecified atom stereocenters. The number of benzene rings is 1. The van der Waals surface area contributed by atoms with E-state index in [4.69, 9.17) is 14.2 Å². The van der Waals surface area contributed by atoms with Gasteiger partial charge in [-0.3, -0.25) is 4.79 Å². The number of aromatic amines is 1. The van der Waals surface area contributed by atoms with Gasteiger partial charge in [0, 0.05) is 12.1 Å². The van der Waals surface area contributed by atoms with Gasteiger partial charge in [0.15, 0.2) is 11.5 Å². The van der Waals surface area contributed by atoms with Crippen LogP contribution in [0.25, 0.3) is 11.0 Å². The van der Waals surface area contributed by atoms with Crippen LogP contribution in [0.4, 0.5) is 0 Å². The summed E-state index contributed by atoms with van der Waals surface area (Å²) in [6.07, 6.45) is 1.53. The van der Waals surface area contributed by atoms with E-state index in [2.05, 4.69) is 9.97 Å². The lowest BCUT2D eigenvalue weighted by Crippen LogP contribution is -2.24. The summed E-state index contributed by atoms with van der Waals surface area (Å²) in [6, 6.07) is 3.63. The third-order valence-corrected chi connectivity index (χ3v) is 3.86. The first-order valence-electron chi connectivity index (χ1n) is 6.94. The largest absolute Gasteiger partial charge is 0.493 e. The molecule has 1 aromatic carbocycles. The molecule has 6 nitrogen and oxygen atoms in total. The highest BCUT2D eigenvalue weighted by Gasteiger charge is 2.55. The fourth-order valence-electron chi connectivity index (χ4n) is 2.50. The summed E-state index contributed by atoms with van der Waals surface area (Å²) in [6.45, 7) is 2.19. The van der Waals surface area contributed by atoms with Crippen LogP contribution in [0.3, 0.4) is 0 Å². The first-order valence-corrected chi connectivity index (χ1v) is 6.94. The molecule has 6 heteroatoms. The number of carbonyl (C=O) groups is 1. The van der Waals surface area contributed by atoms with Gasteiger partial charge in [-0.2, -0.15) is 0 Å². The Labute approximate surface area is 122 Å². The number of carbonyl (C=O) groups excluding carboxylic acids is 1. The van der Waals surface area contributed by atoms with Crippen LogP contribution in [-0.2, 0) is 14.9 Å². The van der Waals surface area contributed by atoms with Crippen LogP contribution < -0.4 is 9.47 Å². The van der Waals surface area contributed by atoms with Crippen LogP contribution in [0.15, 0.2) is 12.1 Å². The van der Waals surface area contributed by atoms with E-state index in [1.165, 1.54) is 0 Å². The van der Waals surface area contributed by atoms with E-state index >= 15 is 0 Å². The maximum absolute atomic E-state index is 12.1. The molecule has 0 radical (unpaired) electrons. The molecule has 0 spiro atoms. The summed E-state index contributed by atoms with van der Waals surface area (Å²) in [5, 5.41) is 0. The van der Waals surface area contributed by atoms with E-state index in [0.29, 0.717) is 23.9 Å². The van der Waals surface area contributed by atoms with Crippen molar-refractivity contribution in [1.82, 2.24) is 9.97 Å². The lowest BCUT2D eigenvalue weighted by Gasteiger charge is -2.10. The monoisotopic (exact) mass is 290 g/mol. The maximum atomic E-state index is 12.1. The highest BCUT2D eigenvalue weighted by atomic mass is 16.5. The quantitative estimate of drug-likeness (QED) is 0.854. The number of hydrogen-bond donors (Lipinski definition) is 1. The lowest BCUT2D eigenvalue weighted by molar-refractivity contribution is -0.146. The molecule has 0 atom stereocenters. The van der Waals surface area contributed by atoms with Crippen LogP contribution in [0, 0.1) is 0 Å². The number of ether oxygens (including phenoxy) is 3. The van der Waals surface area contributed by atoms with Gasteiger partial charge < -0.3 is 19.2 Å². The summed E-state index contributed by atoms with van der Waals surface area (Å²) in [5.74, 6) is 1.69. The number of nitrogens with one attached hydrogen (secondary N) is 1. The van der Waals surface area contributed by atoms with Gasteiger partial charge in [-0.1, -0.05) is 0 Å². The van der Waals surface area contributed by atoms with Crippen molar-refractivity contribution >= 4 is 17.0 Å². The molecule has 21 heavy (non-hydrogen) atoms. The number of methoxy groups -OCH3 is 2. The summed E-state index contributed by atoms with van der Waals surface area (Å²) in [5.41, 5.74) is 0.964. The molecule has 0 bridgehead atoms. The molecule has 1 fully saturated rings. The molecule has 1 aliphatic carbocycles. The molecule has 2 aromatic rings. The predicted octanol–water partition coefficient (Wildman–Crippen LogP) is 2.17. The SMILES string of the molecule is CCOC(=O)C1(c2nc3cc(OC)c(OC)cc3[nH]2)CC1. The number of fused-ring (bicyclic) bond motifs is 1. The standard InChI is InChI=1S/C15H18N2O4/c1-4-21-14(18)15(5-6-15)13-16-9-7-11(19-2)12(20-3)8-10(9)17-13/h7-8H,4-6H2,1-3H3,(H,16,17). The van der Waals surface area contributed by atoms with Crippen LogP contribution in [0.1, 0.15) is 25.6 Å². The van der Waals surface area contributed by atoms with Crippen LogP contribution in [0.5, 0.6) is 11.5 Å². The van der Waals surface area contributed by atoms with Crippen molar-refractivity contribution in [2.24, 2.45) is 0 Å². The van der Waals surface area contributed by atoms with Crippen molar-refractivity contribution < 1.29 is 19.0 Å². The molecule has 1 aromatic heterocycles. The minimum atomic E-state index is -0.602. The Morgan fingerprint density at radius 3 is 2.52 bits per heavy atom. The number of hydrogen-bond acceptors (Lipinski definition) is 5. The van der Waals surface area contributed by atoms with Crippen molar-refractivity contribution in [3.8, 4) is 11.5 Å². The molecule has 0 saturated heterocycles. The molecule has 1 aliphatic rings. The third-order valence-electron chi connectivity index (χ3n) is 3.86. The van der Waals surface area contributed by atoms with E-state index in [-0.39, 0.29) is 5.97 Å². The highest BCUT2D eigenvalue weighted by molar-refractivity contribution is 5.88. The molecule has 1 heterocycles. The zero-order valence-corrected chi connectivity index (χ0v) is 12.4. The molecular formula is C15H18N2O4. The number of esters is 1. The third kappa shape index (κ3) is 2.11. The maximum Gasteiger partial charge on any atom is 0.319 e. The Kier molecular flexibility index (Phi) is 3.23. The number of imidazole rings is 1. The van der Waals surface area contributed by atoms with Crippen molar-refractivity contribution in [1.29, 1.82) is 0 Å². The minimum Gasteiger partial charge on any atom is -0.493 e. The topological polar surface area (TPSA) is 73.4 Å². The van der Waals surface area contributed by atoms with Gasteiger partial charge in [0.05, 0.1) is 31.9 Å². The van der Waals surface area contributed by atoms with Gasteiger partial charge in [-0.05, 0) is 19.8 Å². The van der Waals surface area contributed by atoms with Gasteiger partial charge >= 0.3 is 5.97 Å². The Balaban J connectivity index is 2.04. The fourth-order valence-corrected chi connectivity index (χ4v) is 2.50. The van der Waals surface area contributed by atoms with E-state index < -0.39 is 5.41 Å². The summed E-state index contributed by atoms with van der Waals surface area (Å²) >= 11 is 0. The average molecular weight is 290 g/mol. The number of H-pyrrole nitrogens is 1. The van der Waals surface area contributed by atoms with Crippen molar-refractivity contribution in [3.05, 3.63) is 18.0 Å². The molecule has 0 amide bonds. The summed E-state index contributed by atoms with van der Waals surface area (Å²) < 4.78 is 15.7. The molecule has 0 aliphatic heterocycles. The zero-order valence-electron chi connectivity index (χ0n) is 12.4.